The fourth-order valence-electron chi connectivity index (χ4n) is 4.59. The largest absolute Gasteiger partial charge is 0.316 e. The quantitative estimate of drug-likeness (QED) is 0.755. The molecule has 1 heterocycles. The molecule has 0 aromatic heterocycles. The first-order valence-electron chi connectivity index (χ1n) is 8.36. The molecule has 0 aromatic rings. The van der Waals surface area contributed by atoms with Gasteiger partial charge in [0.15, 0.2) is 0 Å². The van der Waals surface area contributed by atoms with Crippen LogP contribution in [0.1, 0.15) is 58.3 Å². The van der Waals surface area contributed by atoms with Crippen molar-refractivity contribution in [2.45, 2.75) is 70.4 Å². The average Bonchev–Trinajstić information content (AvgIpc) is 2.82. The topological polar surface area (TPSA) is 15.3 Å². The smallest absolute Gasteiger partial charge is 0.0139 e. The zero-order chi connectivity index (χ0) is 12.4. The molecule has 4 atom stereocenters. The first-order valence-corrected chi connectivity index (χ1v) is 8.36. The van der Waals surface area contributed by atoms with Crippen molar-refractivity contribution in [3.63, 3.8) is 0 Å². The number of fused-ring (bicyclic) bond motifs is 1. The van der Waals surface area contributed by atoms with Crippen molar-refractivity contribution in [2.75, 3.05) is 19.6 Å². The Morgan fingerprint density at radius 3 is 2.67 bits per heavy atom. The Hall–Kier alpha value is -0.0800. The third-order valence-corrected chi connectivity index (χ3v) is 5.67. The standard InChI is InChI=1S/C16H30N2/c1-2-10-17-12-14-8-9-16(14)18-11-4-6-13-5-3-7-15(13)18/h13-17H,2-12H2,1H3. The van der Waals surface area contributed by atoms with Gasteiger partial charge >= 0.3 is 0 Å². The summed E-state index contributed by atoms with van der Waals surface area (Å²) in [5, 5.41) is 3.64. The minimum atomic E-state index is 0.931. The molecule has 3 fully saturated rings. The van der Waals surface area contributed by atoms with Crippen molar-refractivity contribution in [3.8, 4) is 0 Å². The van der Waals surface area contributed by atoms with Crippen LogP contribution in [0.3, 0.4) is 0 Å². The van der Waals surface area contributed by atoms with E-state index >= 15 is 0 Å². The molecule has 18 heavy (non-hydrogen) atoms. The normalized spacial score (nSPS) is 40.5. The second kappa shape index (κ2) is 5.92. The molecule has 1 N–H and O–H groups in total. The van der Waals surface area contributed by atoms with Crippen LogP contribution >= 0.6 is 0 Å². The summed E-state index contributed by atoms with van der Waals surface area (Å²) in [7, 11) is 0. The fraction of sp³-hybridized carbons (Fsp3) is 1.00. The Bertz CT molecular complexity index is 266. The van der Waals surface area contributed by atoms with E-state index in [0.29, 0.717) is 0 Å². The molecule has 4 unspecified atom stereocenters. The molecule has 2 aliphatic carbocycles. The highest BCUT2D eigenvalue weighted by Crippen LogP contribution is 2.42. The van der Waals surface area contributed by atoms with Crippen LogP contribution in [-0.4, -0.2) is 36.6 Å². The molecule has 0 spiro atoms. The Morgan fingerprint density at radius 2 is 1.89 bits per heavy atom. The third kappa shape index (κ3) is 2.46. The second-order valence-corrected chi connectivity index (χ2v) is 6.75. The van der Waals surface area contributed by atoms with Gasteiger partial charge in [0.1, 0.15) is 0 Å². The van der Waals surface area contributed by atoms with Gasteiger partial charge in [0.25, 0.3) is 0 Å². The molecule has 0 amide bonds. The molecule has 104 valence electrons. The summed E-state index contributed by atoms with van der Waals surface area (Å²) in [4.78, 5) is 2.93. The van der Waals surface area contributed by atoms with Crippen LogP contribution < -0.4 is 5.32 Å². The lowest BCUT2D eigenvalue weighted by Gasteiger charge is -2.50. The predicted octanol–water partition coefficient (Wildman–Crippen LogP) is 3.03. The molecule has 2 saturated carbocycles. The maximum absolute atomic E-state index is 3.64. The lowest BCUT2D eigenvalue weighted by Crippen LogP contribution is -2.56. The van der Waals surface area contributed by atoms with Crippen molar-refractivity contribution in [1.29, 1.82) is 0 Å². The molecular weight excluding hydrogens is 220 g/mol. The Labute approximate surface area is 113 Å². The first kappa shape index (κ1) is 12.9. The molecule has 1 saturated heterocycles. The van der Waals surface area contributed by atoms with Crippen molar-refractivity contribution in [1.82, 2.24) is 10.2 Å². The molecule has 2 nitrogen and oxygen atoms in total. The number of hydrogen-bond acceptors (Lipinski definition) is 2. The summed E-state index contributed by atoms with van der Waals surface area (Å²) >= 11 is 0. The van der Waals surface area contributed by atoms with Gasteiger partial charge in [-0.25, -0.2) is 0 Å². The highest BCUT2D eigenvalue weighted by Gasteiger charge is 2.43. The van der Waals surface area contributed by atoms with Gasteiger partial charge < -0.3 is 5.32 Å². The molecule has 0 aromatic carbocycles. The van der Waals surface area contributed by atoms with Crippen LogP contribution in [0, 0.1) is 11.8 Å². The molecule has 0 radical (unpaired) electrons. The molecule has 2 heteroatoms. The zero-order valence-corrected chi connectivity index (χ0v) is 12.0. The lowest BCUT2D eigenvalue weighted by atomic mass is 9.76. The number of nitrogens with one attached hydrogen (secondary N) is 1. The van der Waals surface area contributed by atoms with Crippen molar-refractivity contribution < 1.29 is 0 Å². The fourth-order valence-corrected chi connectivity index (χ4v) is 4.59. The minimum absolute atomic E-state index is 0.931. The third-order valence-electron chi connectivity index (χ3n) is 5.67. The van der Waals surface area contributed by atoms with Crippen LogP contribution in [0.15, 0.2) is 0 Å². The first-order chi connectivity index (χ1) is 8.90. The molecule has 1 aliphatic heterocycles. The minimum Gasteiger partial charge on any atom is -0.316 e. The van der Waals surface area contributed by atoms with Gasteiger partial charge in [0, 0.05) is 12.1 Å². The molecule has 0 bridgehead atoms. The number of likely N-dealkylation sites (tertiary alicyclic amines) is 1. The van der Waals surface area contributed by atoms with Crippen LogP contribution in [0.5, 0.6) is 0 Å². The van der Waals surface area contributed by atoms with Gasteiger partial charge in [0.2, 0.25) is 0 Å². The Morgan fingerprint density at radius 1 is 1.00 bits per heavy atom. The number of hydrogen-bond donors (Lipinski definition) is 1. The van der Waals surface area contributed by atoms with Crippen molar-refractivity contribution >= 4 is 0 Å². The summed E-state index contributed by atoms with van der Waals surface area (Å²) in [5.41, 5.74) is 0. The van der Waals surface area contributed by atoms with Crippen LogP contribution in [0.25, 0.3) is 0 Å². The Kier molecular flexibility index (Phi) is 4.25. The number of piperidine rings is 1. The van der Waals surface area contributed by atoms with Gasteiger partial charge in [0.05, 0.1) is 0 Å². The molecule has 3 aliphatic rings. The van der Waals surface area contributed by atoms with Gasteiger partial charge in [-0.1, -0.05) is 13.3 Å². The molecular formula is C16H30N2. The van der Waals surface area contributed by atoms with Gasteiger partial charge in [-0.05, 0) is 76.4 Å². The average molecular weight is 250 g/mol. The van der Waals surface area contributed by atoms with Crippen LogP contribution in [0.2, 0.25) is 0 Å². The van der Waals surface area contributed by atoms with E-state index in [4.69, 9.17) is 0 Å². The van der Waals surface area contributed by atoms with E-state index in [1.165, 1.54) is 71.0 Å². The van der Waals surface area contributed by atoms with Crippen LogP contribution in [0.4, 0.5) is 0 Å². The highest BCUT2D eigenvalue weighted by molar-refractivity contribution is 4.98. The van der Waals surface area contributed by atoms with E-state index in [2.05, 4.69) is 17.1 Å². The highest BCUT2D eigenvalue weighted by atomic mass is 15.2. The van der Waals surface area contributed by atoms with E-state index < -0.39 is 0 Å². The second-order valence-electron chi connectivity index (χ2n) is 6.75. The van der Waals surface area contributed by atoms with E-state index in [1.807, 2.05) is 0 Å². The summed E-state index contributed by atoms with van der Waals surface area (Å²) < 4.78 is 0. The summed E-state index contributed by atoms with van der Waals surface area (Å²) in [5.74, 6) is 2.01. The van der Waals surface area contributed by atoms with E-state index in [-0.39, 0.29) is 0 Å². The summed E-state index contributed by atoms with van der Waals surface area (Å²) in [6.07, 6.45) is 11.7. The molecule has 3 rings (SSSR count). The maximum atomic E-state index is 3.64. The zero-order valence-electron chi connectivity index (χ0n) is 12.0. The maximum Gasteiger partial charge on any atom is 0.0139 e. The van der Waals surface area contributed by atoms with Gasteiger partial charge in [-0.2, -0.15) is 0 Å². The van der Waals surface area contributed by atoms with Gasteiger partial charge in [-0.3, -0.25) is 4.90 Å². The van der Waals surface area contributed by atoms with E-state index in [1.54, 1.807) is 0 Å². The van der Waals surface area contributed by atoms with Gasteiger partial charge in [-0.15, -0.1) is 0 Å². The lowest BCUT2D eigenvalue weighted by molar-refractivity contribution is -0.00723. The van der Waals surface area contributed by atoms with Crippen LogP contribution in [-0.2, 0) is 0 Å². The predicted molar refractivity (Wildman–Crippen MR) is 76.7 cm³/mol. The SMILES string of the molecule is CCCNCC1CCC1N1CCCC2CCCC21. The Balaban J connectivity index is 1.53. The van der Waals surface area contributed by atoms with E-state index in [0.717, 1.165) is 23.9 Å². The van der Waals surface area contributed by atoms with Crippen molar-refractivity contribution in [3.05, 3.63) is 0 Å². The van der Waals surface area contributed by atoms with Crippen molar-refractivity contribution in [2.24, 2.45) is 11.8 Å². The van der Waals surface area contributed by atoms with E-state index in [9.17, 15) is 0 Å². The monoisotopic (exact) mass is 250 g/mol. The summed E-state index contributed by atoms with van der Waals surface area (Å²) in [6, 6.07) is 1.90. The number of rotatable bonds is 5. The summed E-state index contributed by atoms with van der Waals surface area (Å²) in [6.45, 7) is 6.14. The number of nitrogens with zero attached hydrogens (tertiary/aromatic N) is 1.